The molecule has 0 aromatic heterocycles. The minimum Gasteiger partial charge on any atom is -0.493 e. The molecule has 2 aromatic rings. The van der Waals surface area contributed by atoms with Gasteiger partial charge >= 0.3 is 5.97 Å². The van der Waals surface area contributed by atoms with Crippen LogP contribution in [0.25, 0.3) is 0 Å². The number of ether oxygens (including phenoxy) is 2. The molecule has 7 heteroatoms. The zero-order valence-corrected chi connectivity index (χ0v) is 16.2. The number of carboxylic acid groups (broad SMARTS) is 1. The Labute approximate surface area is 163 Å². The fraction of sp³-hybridized carbons (Fsp3) is 0.350. The maximum atomic E-state index is 11.3. The summed E-state index contributed by atoms with van der Waals surface area (Å²) in [6.45, 7) is 4.44. The highest BCUT2D eigenvalue weighted by atomic mass is 32.2. The quantitative estimate of drug-likeness (QED) is 0.554. The Morgan fingerprint density at radius 2 is 1.67 bits per heavy atom. The second-order valence-electron chi connectivity index (χ2n) is 6.53. The Hall–Kier alpha value is -2.54. The highest BCUT2D eigenvalue weighted by molar-refractivity contribution is 8.00. The molecule has 0 saturated heterocycles. The number of nitrogens with one attached hydrogen (secondary N) is 2. The number of thioether (sulfide) groups is 1. The van der Waals surface area contributed by atoms with E-state index in [0.29, 0.717) is 12.4 Å². The second kappa shape index (κ2) is 8.43. The Bertz CT molecular complexity index is 755. The molecule has 144 valence electrons. The van der Waals surface area contributed by atoms with Gasteiger partial charge in [-0.15, -0.1) is 11.8 Å². The zero-order chi connectivity index (χ0) is 19.3. The van der Waals surface area contributed by atoms with E-state index in [4.69, 9.17) is 9.47 Å². The fourth-order valence-electron chi connectivity index (χ4n) is 2.85. The van der Waals surface area contributed by atoms with E-state index in [2.05, 4.69) is 10.6 Å². The van der Waals surface area contributed by atoms with E-state index in [1.54, 1.807) is 0 Å². The molecule has 0 spiro atoms. The molecular weight excluding hydrogens is 364 g/mol. The molecule has 6 nitrogen and oxygen atoms in total. The topological polar surface area (TPSA) is 79.8 Å². The average Bonchev–Trinajstić information content (AvgIpc) is 2.97. The van der Waals surface area contributed by atoms with E-state index in [9.17, 15) is 9.90 Å². The number of carboxylic acids is 1. The minimum absolute atomic E-state index is 0.0480. The number of fused-ring (bicyclic) bond motifs is 1. The average molecular weight is 388 g/mol. The van der Waals surface area contributed by atoms with Crippen molar-refractivity contribution in [2.24, 2.45) is 0 Å². The van der Waals surface area contributed by atoms with E-state index in [1.807, 2.05) is 62.4 Å². The summed E-state index contributed by atoms with van der Waals surface area (Å²) >= 11 is 1.49. The number of anilines is 2. The third-order valence-electron chi connectivity index (χ3n) is 3.90. The molecular formula is C20H24N2O4S. The first-order chi connectivity index (χ1) is 13.0. The Balaban J connectivity index is 1.52. The Kier molecular flexibility index (Phi) is 6.01. The molecule has 0 bridgehead atoms. The molecule has 0 amide bonds. The van der Waals surface area contributed by atoms with Gasteiger partial charge in [0.1, 0.15) is 11.5 Å². The lowest BCUT2D eigenvalue weighted by Gasteiger charge is -2.28. The van der Waals surface area contributed by atoms with Crippen molar-refractivity contribution in [2.75, 3.05) is 23.0 Å². The number of aliphatic carboxylic acids is 1. The third kappa shape index (κ3) is 5.23. The molecule has 0 unspecified atom stereocenters. The number of carbonyl (C=O) groups is 1. The summed E-state index contributed by atoms with van der Waals surface area (Å²) in [6, 6.07) is 15.2. The van der Waals surface area contributed by atoms with Crippen molar-refractivity contribution >= 4 is 29.1 Å². The van der Waals surface area contributed by atoms with Gasteiger partial charge in [-0.2, -0.15) is 0 Å². The van der Waals surface area contributed by atoms with Crippen molar-refractivity contribution in [3.63, 3.8) is 0 Å². The monoisotopic (exact) mass is 388 g/mol. The van der Waals surface area contributed by atoms with Crippen LogP contribution in [0.15, 0.2) is 48.5 Å². The van der Waals surface area contributed by atoms with E-state index in [-0.39, 0.29) is 12.5 Å². The predicted molar refractivity (Wildman–Crippen MR) is 109 cm³/mol. The summed E-state index contributed by atoms with van der Waals surface area (Å²) in [4.78, 5) is 10.6. The van der Waals surface area contributed by atoms with Crippen LogP contribution in [0.4, 0.5) is 11.4 Å². The number of hydrogen-bond donors (Lipinski definition) is 3. The molecule has 1 aliphatic heterocycles. The first-order valence-corrected chi connectivity index (χ1v) is 9.85. The first-order valence-electron chi connectivity index (χ1n) is 8.86. The normalized spacial score (nSPS) is 14.2. The lowest BCUT2D eigenvalue weighted by Crippen LogP contribution is -2.41. The van der Waals surface area contributed by atoms with E-state index in [1.165, 1.54) is 11.8 Å². The largest absolute Gasteiger partial charge is 0.493 e. The van der Waals surface area contributed by atoms with Gasteiger partial charge in [-0.3, -0.25) is 4.79 Å². The van der Waals surface area contributed by atoms with Gasteiger partial charge in [-0.25, -0.2) is 0 Å². The van der Waals surface area contributed by atoms with Crippen molar-refractivity contribution in [3.05, 3.63) is 48.5 Å². The van der Waals surface area contributed by atoms with Crippen molar-refractivity contribution in [1.29, 1.82) is 0 Å². The highest BCUT2D eigenvalue weighted by Gasteiger charge is 2.38. The minimum atomic E-state index is -0.864. The molecule has 0 radical (unpaired) electrons. The number of rotatable bonds is 9. The van der Waals surface area contributed by atoms with Crippen molar-refractivity contribution in [3.8, 4) is 11.5 Å². The van der Waals surface area contributed by atoms with Crippen molar-refractivity contribution in [2.45, 2.75) is 31.4 Å². The number of para-hydroxylation sites is 2. The fourth-order valence-corrected chi connectivity index (χ4v) is 3.96. The molecule has 1 heterocycles. The summed E-state index contributed by atoms with van der Waals surface area (Å²) in [5.41, 5.74) is 1.82. The first kappa shape index (κ1) is 19.2. The SMILES string of the molecule is CC(C)Oc1ccc(OCCSC2(CC(=O)O)Nc3ccccc3N2)cc1. The smallest absolute Gasteiger partial charge is 0.308 e. The van der Waals surface area contributed by atoms with E-state index >= 15 is 0 Å². The van der Waals surface area contributed by atoms with Gasteiger partial charge in [0.25, 0.3) is 0 Å². The molecule has 3 rings (SSSR count). The van der Waals surface area contributed by atoms with Crippen LogP contribution < -0.4 is 20.1 Å². The van der Waals surface area contributed by atoms with Gasteiger partial charge in [-0.1, -0.05) is 12.1 Å². The molecule has 0 atom stereocenters. The zero-order valence-electron chi connectivity index (χ0n) is 15.4. The standard InChI is InChI=1S/C20H24N2O4S/c1-14(2)26-16-9-7-15(8-10-16)25-11-12-27-20(13-19(23)24)21-17-5-3-4-6-18(17)22-20/h3-10,14,21-22H,11-13H2,1-2H3,(H,23,24). The molecule has 0 fully saturated rings. The van der Waals surface area contributed by atoms with Crippen LogP contribution in [0, 0.1) is 0 Å². The van der Waals surface area contributed by atoms with E-state index in [0.717, 1.165) is 22.9 Å². The molecule has 27 heavy (non-hydrogen) atoms. The predicted octanol–water partition coefficient (Wildman–Crippen LogP) is 4.25. The summed E-state index contributed by atoms with van der Waals surface area (Å²) in [5, 5.41) is 15.9. The highest BCUT2D eigenvalue weighted by Crippen LogP contribution is 2.41. The van der Waals surface area contributed by atoms with E-state index < -0.39 is 11.0 Å². The van der Waals surface area contributed by atoms with Crippen LogP contribution in [-0.4, -0.2) is 34.5 Å². The third-order valence-corrected chi connectivity index (χ3v) is 5.11. The molecule has 1 aliphatic rings. The summed E-state index contributed by atoms with van der Waals surface area (Å²) < 4.78 is 11.4. The Morgan fingerprint density at radius 3 is 2.22 bits per heavy atom. The summed E-state index contributed by atoms with van der Waals surface area (Å²) in [5.74, 6) is 1.33. The number of hydrogen-bond acceptors (Lipinski definition) is 6. The van der Waals surface area contributed by atoms with Gasteiger partial charge in [0.15, 0.2) is 4.99 Å². The second-order valence-corrected chi connectivity index (χ2v) is 7.92. The van der Waals surface area contributed by atoms with Gasteiger partial charge in [0.2, 0.25) is 0 Å². The summed E-state index contributed by atoms with van der Waals surface area (Å²) in [6.07, 6.45) is 0.0854. The van der Waals surface area contributed by atoms with Crippen LogP contribution in [0.3, 0.4) is 0 Å². The van der Waals surface area contributed by atoms with Gasteiger partial charge < -0.3 is 25.2 Å². The van der Waals surface area contributed by atoms with Crippen molar-refractivity contribution in [1.82, 2.24) is 0 Å². The summed E-state index contributed by atoms with van der Waals surface area (Å²) in [7, 11) is 0. The maximum Gasteiger partial charge on any atom is 0.308 e. The van der Waals surface area contributed by atoms with Crippen LogP contribution in [0.5, 0.6) is 11.5 Å². The van der Waals surface area contributed by atoms with Crippen LogP contribution in [0.1, 0.15) is 20.3 Å². The molecule has 2 aromatic carbocycles. The van der Waals surface area contributed by atoms with Crippen LogP contribution >= 0.6 is 11.8 Å². The van der Waals surface area contributed by atoms with Crippen LogP contribution in [0.2, 0.25) is 0 Å². The van der Waals surface area contributed by atoms with Crippen LogP contribution in [-0.2, 0) is 4.79 Å². The number of benzene rings is 2. The van der Waals surface area contributed by atoms with Gasteiger partial charge in [0, 0.05) is 5.75 Å². The lowest BCUT2D eigenvalue weighted by atomic mass is 10.3. The Morgan fingerprint density at radius 1 is 1.07 bits per heavy atom. The van der Waals surface area contributed by atoms with Gasteiger partial charge in [0.05, 0.1) is 30.5 Å². The molecule has 3 N–H and O–H groups in total. The molecule has 0 saturated carbocycles. The van der Waals surface area contributed by atoms with Crippen molar-refractivity contribution < 1.29 is 19.4 Å². The maximum absolute atomic E-state index is 11.3. The molecule has 0 aliphatic carbocycles. The lowest BCUT2D eigenvalue weighted by molar-refractivity contribution is -0.137. The van der Waals surface area contributed by atoms with Gasteiger partial charge in [-0.05, 0) is 50.2 Å².